The van der Waals surface area contributed by atoms with Crippen molar-refractivity contribution in [3.05, 3.63) is 35.4 Å². The summed E-state index contributed by atoms with van der Waals surface area (Å²) in [6, 6.07) is 10.1. The first-order valence-electron chi connectivity index (χ1n) is 6.35. The molecule has 0 bridgehead atoms. The summed E-state index contributed by atoms with van der Waals surface area (Å²) in [7, 11) is 0. The van der Waals surface area contributed by atoms with Gasteiger partial charge in [-0.05, 0) is 42.9 Å². The lowest BCUT2D eigenvalue weighted by Crippen LogP contribution is -2.02. The summed E-state index contributed by atoms with van der Waals surface area (Å²) in [6.45, 7) is 2.15. The van der Waals surface area contributed by atoms with Crippen molar-refractivity contribution in [3.63, 3.8) is 0 Å². The van der Waals surface area contributed by atoms with E-state index in [1.807, 2.05) is 0 Å². The van der Waals surface area contributed by atoms with Gasteiger partial charge in [0.2, 0.25) is 0 Å². The average Bonchev–Trinajstić information content (AvgIpc) is 2.16. The van der Waals surface area contributed by atoms with Gasteiger partial charge >= 0.3 is 0 Å². The number of hydrogen-bond donors (Lipinski definition) is 0. The van der Waals surface area contributed by atoms with Crippen molar-refractivity contribution in [2.24, 2.45) is 0 Å². The first-order chi connectivity index (χ1) is 7.36. The highest BCUT2D eigenvalue weighted by Crippen LogP contribution is 2.30. The van der Waals surface area contributed by atoms with Crippen molar-refractivity contribution in [1.82, 2.24) is 0 Å². The van der Waals surface area contributed by atoms with Gasteiger partial charge in [0.1, 0.15) is 0 Å². The molecular weight excluding hydrogens is 180 g/mol. The van der Waals surface area contributed by atoms with E-state index in [4.69, 9.17) is 0 Å². The van der Waals surface area contributed by atoms with Crippen LogP contribution in [0.3, 0.4) is 0 Å². The van der Waals surface area contributed by atoms with Gasteiger partial charge in [0.15, 0.2) is 0 Å². The molecule has 1 aliphatic rings. The minimum atomic E-state index is 0.783. The molecule has 1 aromatic carbocycles. The molecule has 1 fully saturated rings. The summed E-state index contributed by atoms with van der Waals surface area (Å²) >= 11 is 0. The minimum Gasteiger partial charge on any atom is -0.0617 e. The lowest BCUT2D eigenvalue weighted by atomic mass is 9.85. The number of aryl methyl sites for hydroxylation is 1. The zero-order valence-electron chi connectivity index (χ0n) is 9.76. The van der Waals surface area contributed by atoms with Crippen LogP contribution < -0.4 is 0 Å². The van der Waals surface area contributed by atoms with Crippen LogP contribution in [-0.4, -0.2) is 0 Å². The Morgan fingerprint density at radius 2 is 1.67 bits per heavy atom. The molecule has 0 unspecified atom stereocenters. The van der Waals surface area contributed by atoms with Crippen molar-refractivity contribution in [1.29, 1.82) is 0 Å². The molecule has 15 heavy (non-hydrogen) atoms. The van der Waals surface area contributed by atoms with E-state index in [1.54, 1.807) is 0 Å². The van der Waals surface area contributed by atoms with E-state index in [0.717, 1.165) is 5.92 Å². The maximum atomic E-state index is 3.53. The van der Waals surface area contributed by atoms with E-state index in [2.05, 4.69) is 31.2 Å². The first kappa shape index (κ1) is 10.7. The number of benzene rings is 1. The van der Waals surface area contributed by atoms with E-state index in [1.165, 1.54) is 56.1 Å². The van der Waals surface area contributed by atoms with Crippen LogP contribution in [0.15, 0.2) is 18.2 Å². The first-order valence-corrected chi connectivity index (χ1v) is 6.35. The molecule has 0 atom stereocenters. The second-order valence-electron chi connectivity index (χ2n) is 4.83. The number of rotatable bonds is 1. The third kappa shape index (κ3) is 3.09. The predicted molar refractivity (Wildman–Crippen MR) is 65.1 cm³/mol. The van der Waals surface area contributed by atoms with Crippen LogP contribution in [0, 0.1) is 13.0 Å². The minimum absolute atomic E-state index is 0.783. The summed E-state index contributed by atoms with van der Waals surface area (Å²) < 4.78 is 0. The molecule has 0 spiro atoms. The van der Waals surface area contributed by atoms with Crippen LogP contribution in [0.1, 0.15) is 62.0 Å². The van der Waals surface area contributed by atoms with Gasteiger partial charge in [-0.15, -0.1) is 0 Å². The normalized spacial score (nSPS) is 19.5. The van der Waals surface area contributed by atoms with Gasteiger partial charge < -0.3 is 0 Å². The molecule has 81 valence electrons. The van der Waals surface area contributed by atoms with E-state index < -0.39 is 0 Å². The smallest absolute Gasteiger partial charge is 0.0114 e. The highest BCUT2D eigenvalue weighted by atomic mass is 14.2. The van der Waals surface area contributed by atoms with Crippen LogP contribution in [0.5, 0.6) is 0 Å². The fourth-order valence-corrected chi connectivity index (χ4v) is 2.61. The van der Waals surface area contributed by atoms with E-state index in [0.29, 0.717) is 0 Å². The van der Waals surface area contributed by atoms with Crippen LogP contribution in [0.2, 0.25) is 0 Å². The molecule has 0 amide bonds. The lowest BCUT2D eigenvalue weighted by Gasteiger charge is -2.20. The van der Waals surface area contributed by atoms with Crippen LogP contribution in [0.4, 0.5) is 0 Å². The third-order valence-electron chi connectivity index (χ3n) is 3.51. The average molecular weight is 201 g/mol. The number of hydrogen-bond acceptors (Lipinski definition) is 0. The Balaban J connectivity index is 2.06. The Morgan fingerprint density at radius 1 is 1.00 bits per heavy atom. The monoisotopic (exact) mass is 201 g/mol. The van der Waals surface area contributed by atoms with E-state index >= 15 is 0 Å². The maximum absolute atomic E-state index is 3.53. The lowest BCUT2D eigenvalue weighted by molar-refractivity contribution is 0.455. The molecule has 1 aromatic rings. The fourth-order valence-electron chi connectivity index (χ4n) is 2.61. The SMILES string of the molecule is Cc1[c]c(C2CCCCCCC2)ccc1. The highest BCUT2D eigenvalue weighted by Gasteiger charge is 2.13. The van der Waals surface area contributed by atoms with E-state index in [-0.39, 0.29) is 0 Å². The molecule has 0 aliphatic heterocycles. The van der Waals surface area contributed by atoms with Gasteiger partial charge in [0.05, 0.1) is 0 Å². The Kier molecular flexibility index (Phi) is 3.82. The molecular formula is C15H21. The van der Waals surface area contributed by atoms with Crippen molar-refractivity contribution < 1.29 is 0 Å². The summed E-state index contributed by atoms with van der Waals surface area (Å²) in [5.74, 6) is 0.783. The maximum Gasteiger partial charge on any atom is -0.0114 e. The largest absolute Gasteiger partial charge is 0.0617 e. The highest BCUT2D eigenvalue weighted by molar-refractivity contribution is 5.23. The fraction of sp³-hybridized carbons (Fsp3) is 0.600. The predicted octanol–water partition coefficient (Wildman–Crippen LogP) is 4.62. The molecule has 1 radical (unpaired) electrons. The molecule has 2 rings (SSSR count). The van der Waals surface area contributed by atoms with Gasteiger partial charge in [-0.1, -0.05) is 50.3 Å². The van der Waals surface area contributed by atoms with E-state index in [9.17, 15) is 0 Å². The van der Waals surface area contributed by atoms with Gasteiger partial charge in [0.25, 0.3) is 0 Å². The van der Waals surface area contributed by atoms with Crippen molar-refractivity contribution in [2.75, 3.05) is 0 Å². The van der Waals surface area contributed by atoms with Crippen molar-refractivity contribution in [2.45, 2.75) is 57.8 Å². The van der Waals surface area contributed by atoms with Crippen molar-refractivity contribution in [3.8, 4) is 0 Å². The molecule has 0 saturated heterocycles. The standard InChI is InChI=1S/C15H21/c1-13-8-7-11-15(12-13)14-9-5-3-2-4-6-10-14/h7-8,11,14H,2-6,9-10H2,1H3. The van der Waals surface area contributed by atoms with Gasteiger partial charge in [-0.2, -0.15) is 0 Å². The Bertz CT molecular complexity index is 293. The molecule has 0 nitrogen and oxygen atoms in total. The molecule has 0 aromatic heterocycles. The van der Waals surface area contributed by atoms with Crippen LogP contribution >= 0.6 is 0 Å². The summed E-state index contributed by atoms with van der Waals surface area (Å²) in [4.78, 5) is 0. The summed E-state index contributed by atoms with van der Waals surface area (Å²) in [5, 5.41) is 0. The zero-order chi connectivity index (χ0) is 10.5. The third-order valence-corrected chi connectivity index (χ3v) is 3.51. The summed E-state index contributed by atoms with van der Waals surface area (Å²) in [6.07, 6.45) is 9.88. The van der Waals surface area contributed by atoms with Gasteiger partial charge in [-0.3, -0.25) is 0 Å². The van der Waals surface area contributed by atoms with Gasteiger partial charge in [0, 0.05) is 0 Å². The molecule has 1 aliphatic carbocycles. The van der Waals surface area contributed by atoms with Gasteiger partial charge in [-0.25, -0.2) is 0 Å². The molecule has 0 N–H and O–H groups in total. The Labute approximate surface area is 93.7 Å². The second kappa shape index (κ2) is 5.34. The Hall–Kier alpha value is -0.780. The van der Waals surface area contributed by atoms with Crippen LogP contribution in [0.25, 0.3) is 0 Å². The van der Waals surface area contributed by atoms with Crippen molar-refractivity contribution >= 4 is 0 Å². The summed E-state index contributed by atoms with van der Waals surface area (Å²) in [5.41, 5.74) is 2.74. The van der Waals surface area contributed by atoms with Crippen LogP contribution in [-0.2, 0) is 0 Å². The Morgan fingerprint density at radius 3 is 2.33 bits per heavy atom. The molecule has 0 heteroatoms. The second-order valence-corrected chi connectivity index (χ2v) is 4.83. The molecule has 0 heterocycles. The quantitative estimate of drug-likeness (QED) is 0.621. The molecule has 1 saturated carbocycles. The topological polar surface area (TPSA) is 0 Å². The zero-order valence-corrected chi connectivity index (χ0v) is 9.76.